The molecule has 2 unspecified atom stereocenters. The van der Waals surface area contributed by atoms with Gasteiger partial charge in [-0.25, -0.2) is 0 Å². The number of hydrogen-bond acceptors (Lipinski definition) is 3. The van der Waals surface area contributed by atoms with Crippen molar-refractivity contribution >= 4 is 37.8 Å². The van der Waals surface area contributed by atoms with Crippen molar-refractivity contribution in [2.45, 2.75) is 25.0 Å². The third-order valence-electron chi connectivity index (χ3n) is 4.13. The van der Waals surface area contributed by atoms with Crippen LogP contribution in [0.25, 0.3) is 0 Å². The quantitative estimate of drug-likeness (QED) is 0.822. The number of nitrogens with zero attached hydrogens (tertiary/aromatic N) is 1. The Morgan fingerprint density at radius 2 is 2.29 bits per heavy atom. The molecule has 4 nitrogen and oxygen atoms in total. The Kier molecular flexibility index (Phi) is 4.99. The SMILES string of the molecule is O=C(NCC1CN2CCCC2CO1)c1ccc(Br)cc1Br. The number of amides is 1. The van der Waals surface area contributed by atoms with Crippen LogP contribution < -0.4 is 5.32 Å². The molecule has 6 heteroatoms. The van der Waals surface area contributed by atoms with Gasteiger partial charge in [-0.2, -0.15) is 0 Å². The highest BCUT2D eigenvalue weighted by Crippen LogP contribution is 2.23. The van der Waals surface area contributed by atoms with E-state index in [9.17, 15) is 4.79 Å². The molecule has 0 bridgehead atoms. The minimum absolute atomic E-state index is 0.0680. The standard InChI is InChI=1S/C15H18Br2N2O2/c16-10-3-4-13(14(17)6-10)15(20)18-7-12-8-19-5-1-2-11(19)9-21-12/h3-4,6,11-12H,1-2,5,7-9H2,(H,18,20). The Labute approximate surface area is 141 Å². The molecule has 2 atom stereocenters. The summed E-state index contributed by atoms with van der Waals surface area (Å²) in [6, 6.07) is 6.14. The first-order valence-corrected chi connectivity index (χ1v) is 8.81. The lowest BCUT2D eigenvalue weighted by molar-refractivity contribution is -0.0461. The van der Waals surface area contributed by atoms with Crippen molar-refractivity contribution in [3.63, 3.8) is 0 Å². The lowest BCUT2D eigenvalue weighted by Gasteiger charge is -2.35. The Hall–Kier alpha value is -0.430. The van der Waals surface area contributed by atoms with E-state index in [4.69, 9.17) is 4.74 Å². The average molecular weight is 418 g/mol. The fourth-order valence-corrected chi connectivity index (χ4v) is 4.21. The molecule has 3 rings (SSSR count). The first kappa shape index (κ1) is 15.5. The van der Waals surface area contributed by atoms with Crippen LogP contribution in [0, 0.1) is 0 Å². The molecule has 0 aromatic heterocycles. The van der Waals surface area contributed by atoms with Crippen molar-refractivity contribution in [2.75, 3.05) is 26.2 Å². The molecular weight excluding hydrogens is 400 g/mol. The predicted octanol–water partition coefficient (Wildman–Crippen LogP) is 2.80. The maximum Gasteiger partial charge on any atom is 0.252 e. The summed E-state index contributed by atoms with van der Waals surface area (Å²) in [5.74, 6) is -0.0680. The molecule has 2 saturated heterocycles. The van der Waals surface area contributed by atoms with Gasteiger partial charge in [0.15, 0.2) is 0 Å². The fourth-order valence-electron chi connectivity index (χ4n) is 2.98. The predicted molar refractivity (Wildman–Crippen MR) is 88.5 cm³/mol. The summed E-state index contributed by atoms with van der Waals surface area (Å²) in [6.45, 7) is 3.44. The number of morpholine rings is 1. The molecule has 2 fully saturated rings. The van der Waals surface area contributed by atoms with Crippen LogP contribution in [0.3, 0.4) is 0 Å². The number of ether oxygens (including phenoxy) is 1. The van der Waals surface area contributed by atoms with Crippen LogP contribution in [0.2, 0.25) is 0 Å². The van der Waals surface area contributed by atoms with Gasteiger partial charge in [0.05, 0.1) is 18.3 Å². The first-order valence-electron chi connectivity index (χ1n) is 7.22. The zero-order valence-corrected chi connectivity index (χ0v) is 14.8. The third-order valence-corrected chi connectivity index (χ3v) is 5.28. The van der Waals surface area contributed by atoms with E-state index in [1.807, 2.05) is 18.2 Å². The van der Waals surface area contributed by atoms with Crippen molar-refractivity contribution in [1.82, 2.24) is 10.2 Å². The van der Waals surface area contributed by atoms with Crippen molar-refractivity contribution in [2.24, 2.45) is 0 Å². The molecule has 114 valence electrons. The van der Waals surface area contributed by atoms with Gasteiger partial charge in [0, 0.05) is 28.1 Å². The Balaban J connectivity index is 1.54. The van der Waals surface area contributed by atoms with Gasteiger partial charge in [0.1, 0.15) is 0 Å². The van der Waals surface area contributed by atoms with Crippen LogP contribution in [0.4, 0.5) is 0 Å². The van der Waals surface area contributed by atoms with Crippen molar-refractivity contribution < 1.29 is 9.53 Å². The van der Waals surface area contributed by atoms with E-state index in [0.717, 1.165) is 28.6 Å². The monoisotopic (exact) mass is 416 g/mol. The number of benzene rings is 1. The van der Waals surface area contributed by atoms with E-state index in [-0.39, 0.29) is 12.0 Å². The number of nitrogens with one attached hydrogen (secondary N) is 1. The highest BCUT2D eigenvalue weighted by atomic mass is 79.9. The number of carbonyl (C=O) groups is 1. The minimum Gasteiger partial charge on any atom is -0.373 e. The van der Waals surface area contributed by atoms with Crippen LogP contribution in [0.15, 0.2) is 27.1 Å². The largest absolute Gasteiger partial charge is 0.373 e. The number of carbonyl (C=O) groups excluding carboxylic acids is 1. The van der Waals surface area contributed by atoms with E-state index < -0.39 is 0 Å². The molecule has 0 radical (unpaired) electrons. The minimum atomic E-state index is -0.0680. The topological polar surface area (TPSA) is 41.6 Å². The molecule has 1 aromatic rings. The van der Waals surface area contributed by atoms with E-state index in [0.29, 0.717) is 18.2 Å². The van der Waals surface area contributed by atoms with Crippen LogP contribution >= 0.6 is 31.9 Å². The molecule has 1 aromatic carbocycles. The normalized spacial score (nSPS) is 25.6. The average Bonchev–Trinajstić information content (AvgIpc) is 2.92. The number of fused-ring (bicyclic) bond motifs is 1. The van der Waals surface area contributed by atoms with Gasteiger partial charge >= 0.3 is 0 Å². The third kappa shape index (κ3) is 3.67. The Morgan fingerprint density at radius 1 is 1.43 bits per heavy atom. The zero-order valence-electron chi connectivity index (χ0n) is 11.6. The number of rotatable bonds is 3. The van der Waals surface area contributed by atoms with Gasteiger partial charge in [-0.15, -0.1) is 0 Å². The van der Waals surface area contributed by atoms with Crippen LogP contribution in [-0.2, 0) is 4.74 Å². The molecule has 21 heavy (non-hydrogen) atoms. The molecule has 1 amide bonds. The molecular formula is C15H18Br2N2O2. The second-order valence-electron chi connectivity index (χ2n) is 5.58. The number of hydrogen-bond donors (Lipinski definition) is 1. The van der Waals surface area contributed by atoms with Gasteiger partial charge in [-0.1, -0.05) is 15.9 Å². The zero-order chi connectivity index (χ0) is 14.8. The van der Waals surface area contributed by atoms with E-state index in [1.54, 1.807) is 0 Å². The molecule has 0 aliphatic carbocycles. The van der Waals surface area contributed by atoms with Gasteiger partial charge in [-0.05, 0) is 53.5 Å². The molecule has 0 spiro atoms. The maximum absolute atomic E-state index is 12.2. The summed E-state index contributed by atoms with van der Waals surface area (Å²) in [5.41, 5.74) is 0.646. The molecule has 2 aliphatic heterocycles. The summed E-state index contributed by atoms with van der Waals surface area (Å²) >= 11 is 6.81. The summed E-state index contributed by atoms with van der Waals surface area (Å²) in [6.07, 6.45) is 2.60. The maximum atomic E-state index is 12.2. The van der Waals surface area contributed by atoms with Crippen LogP contribution in [-0.4, -0.2) is 49.2 Å². The summed E-state index contributed by atoms with van der Waals surface area (Å²) in [4.78, 5) is 14.7. The summed E-state index contributed by atoms with van der Waals surface area (Å²) < 4.78 is 7.59. The fraction of sp³-hybridized carbons (Fsp3) is 0.533. The van der Waals surface area contributed by atoms with Gasteiger partial charge in [0.2, 0.25) is 0 Å². The van der Waals surface area contributed by atoms with Crippen LogP contribution in [0.5, 0.6) is 0 Å². The van der Waals surface area contributed by atoms with Crippen molar-refractivity contribution in [3.05, 3.63) is 32.7 Å². The second-order valence-corrected chi connectivity index (χ2v) is 7.35. The van der Waals surface area contributed by atoms with Crippen molar-refractivity contribution in [3.8, 4) is 0 Å². The van der Waals surface area contributed by atoms with Gasteiger partial charge < -0.3 is 10.1 Å². The molecule has 1 N–H and O–H groups in total. The van der Waals surface area contributed by atoms with E-state index in [2.05, 4.69) is 42.1 Å². The Bertz CT molecular complexity index is 538. The second kappa shape index (κ2) is 6.77. The van der Waals surface area contributed by atoms with E-state index in [1.165, 1.54) is 12.8 Å². The lowest BCUT2D eigenvalue weighted by Crippen LogP contribution is -2.50. The highest BCUT2D eigenvalue weighted by molar-refractivity contribution is 9.11. The lowest BCUT2D eigenvalue weighted by atomic mass is 10.1. The number of halogens is 2. The van der Waals surface area contributed by atoms with E-state index >= 15 is 0 Å². The van der Waals surface area contributed by atoms with Gasteiger partial charge in [0.25, 0.3) is 5.91 Å². The summed E-state index contributed by atoms with van der Waals surface area (Å²) in [7, 11) is 0. The van der Waals surface area contributed by atoms with Crippen LogP contribution in [0.1, 0.15) is 23.2 Å². The Morgan fingerprint density at radius 3 is 3.10 bits per heavy atom. The highest BCUT2D eigenvalue weighted by Gasteiger charge is 2.32. The molecule has 2 aliphatic rings. The summed E-state index contributed by atoms with van der Waals surface area (Å²) in [5, 5.41) is 2.97. The van der Waals surface area contributed by atoms with Gasteiger partial charge in [-0.3, -0.25) is 9.69 Å². The molecule has 0 saturated carbocycles. The smallest absolute Gasteiger partial charge is 0.252 e. The van der Waals surface area contributed by atoms with Crippen molar-refractivity contribution in [1.29, 1.82) is 0 Å². The molecule has 2 heterocycles. The first-order chi connectivity index (χ1) is 10.1.